The van der Waals surface area contributed by atoms with Crippen LogP contribution >= 0.6 is 0 Å². The number of hydroxylamine groups is 2. The van der Waals surface area contributed by atoms with E-state index < -0.39 is 146 Å². The van der Waals surface area contributed by atoms with Crippen LogP contribution in [0.5, 0.6) is 23.0 Å². The van der Waals surface area contributed by atoms with E-state index in [0.717, 1.165) is 12.1 Å². The standard InChI is InChI=1S/C42H62N16O16/c43-35(68)23(54-31(64)18-50-29(62)16-52-38(71)24(8-3-13-48-41(44)45)56-36(69)21-6-1-11-27(60)33(21)66)10-5-15-58(74)40(73)26(20-59)55-32(65)19-51-30(63)17-53-39(72)25(9-4-14-49-42(46)47)57-37(70)22-7-2-12-28(61)34(22)67/h1-2,6-7,11-12,23-26,59-61,66-67,74H,3-5,8-10,13-20H2,(H2,43,68)(H,50,62)(H,51,63)(H,52,71)(H,53,72)(H,54,64)(H,55,65)(H,56,69)(H,57,70)(H4,44,45,48)(H4,46,47,49)/t23-,24+,25+,26-/m0/s1. The molecule has 406 valence electrons. The number of hydrogen-bond donors (Lipinski definition) is 19. The Bertz CT molecular complexity index is 2400. The van der Waals surface area contributed by atoms with Crippen LogP contribution < -0.4 is 71.2 Å². The highest BCUT2D eigenvalue weighted by molar-refractivity contribution is 6.02. The first-order valence-corrected chi connectivity index (χ1v) is 22.3. The second-order valence-corrected chi connectivity index (χ2v) is 15.7. The molecule has 0 fully saturated rings. The van der Waals surface area contributed by atoms with Gasteiger partial charge in [-0.3, -0.25) is 63.1 Å². The molecular weight excluding hydrogens is 985 g/mol. The van der Waals surface area contributed by atoms with Gasteiger partial charge in [0.1, 0.15) is 24.2 Å². The normalized spacial score (nSPS) is 12.1. The van der Waals surface area contributed by atoms with Crippen molar-refractivity contribution in [3.63, 3.8) is 0 Å². The van der Waals surface area contributed by atoms with Gasteiger partial charge < -0.3 is 96.7 Å². The van der Waals surface area contributed by atoms with E-state index in [-0.39, 0.29) is 79.7 Å². The van der Waals surface area contributed by atoms with Crippen LogP contribution in [-0.2, 0) is 38.4 Å². The summed E-state index contributed by atoms with van der Waals surface area (Å²) in [6.07, 6.45) is -0.203. The number of guanidine groups is 2. The molecule has 0 spiro atoms. The van der Waals surface area contributed by atoms with Crippen molar-refractivity contribution in [3.05, 3.63) is 47.5 Å². The predicted molar refractivity (Wildman–Crippen MR) is 257 cm³/mol. The van der Waals surface area contributed by atoms with Crippen molar-refractivity contribution in [1.29, 1.82) is 0 Å². The third kappa shape index (κ3) is 21.8. The molecule has 0 aliphatic rings. The van der Waals surface area contributed by atoms with Crippen molar-refractivity contribution in [3.8, 4) is 23.0 Å². The monoisotopic (exact) mass is 1050 g/mol. The zero-order chi connectivity index (χ0) is 55.5. The molecule has 24 N–H and O–H groups in total. The van der Waals surface area contributed by atoms with Crippen LogP contribution in [0.2, 0.25) is 0 Å². The number of phenolic OH excluding ortho intramolecular Hbond substituents is 4. The fraction of sp³-hybridized carbons (Fsp3) is 0.429. The van der Waals surface area contributed by atoms with Crippen LogP contribution in [0.1, 0.15) is 59.2 Å². The number of para-hydroxylation sites is 2. The van der Waals surface area contributed by atoms with Gasteiger partial charge in [0, 0.05) is 19.6 Å². The number of nitrogens with zero attached hydrogens (tertiary/aromatic N) is 3. The average molecular weight is 1050 g/mol. The molecule has 0 radical (unpaired) electrons. The van der Waals surface area contributed by atoms with Gasteiger partial charge in [-0.25, -0.2) is 5.06 Å². The summed E-state index contributed by atoms with van der Waals surface area (Å²) in [6, 6.07) is 1.48. The second-order valence-electron chi connectivity index (χ2n) is 15.7. The van der Waals surface area contributed by atoms with E-state index in [0.29, 0.717) is 0 Å². The molecule has 0 aromatic heterocycles. The van der Waals surface area contributed by atoms with Gasteiger partial charge in [-0.05, 0) is 62.8 Å². The maximum Gasteiger partial charge on any atom is 0.270 e. The topological polar surface area (TPSA) is 546 Å². The van der Waals surface area contributed by atoms with Crippen LogP contribution in [0.25, 0.3) is 0 Å². The summed E-state index contributed by atoms with van der Waals surface area (Å²) in [6.45, 7) is -4.33. The Balaban J connectivity index is 1.84. The lowest BCUT2D eigenvalue weighted by atomic mass is 10.1. The summed E-state index contributed by atoms with van der Waals surface area (Å²) >= 11 is 0. The third-order valence-corrected chi connectivity index (χ3v) is 10.0. The number of aromatic hydroxyl groups is 4. The maximum atomic E-state index is 13.0. The van der Waals surface area contributed by atoms with Crippen molar-refractivity contribution < 1.29 is 78.7 Å². The van der Waals surface area contributed by atoms with E-state index in [2.05, 4.69) is 52.5 Å². The van der Waals surface area contributed by atoms with E-state index in [1.165, 1.54) is 24.3 Å². The first-order chi connectivity index (χ1) is 34.9. The smallest absolute Gasteiger partial charge is 0.270 e. The number of aliphatic imine (C=N–C) groups is 2. The van der Waals surface area contributed by atoms with Gasteiger partial charge in [0.15, 0.2) is 34.9 Å². The highest BCUT2D eigenvalue weighted by atomic mass is 16.5. The minimum atomic E-state index is -1.74. The van der Waals surface area contributed by atoms with Crippen LogP contribution in [0.3, 0.4) is 0 Å². The molecule has 32 nitrogen and oxygen atoms in total. The molecule has 4 atom stereocenters. The summed E-state index contributed by atoms with van der Waals surface area (Å²) in [7, 11) is 0. The van der Waals surface area contributed by atoms with Crippen LogP contribution in [0, 0.1) is 0 Å². The molecule has 0 saturated carbocycles. The molecule has 0 unspecified atom stereocenters. The molecule has 0 aliphatic carbocycles. The number of nitrogens with two attached hydrogens (primary N) is 5. The number of phenols is 4. The average Bonchev–Trinajstić information content (AvgIpc) is 3.35. The largest absolute Gasteiger partial charge is 0.504 e. The number of amides is 10. The van der Waals surface area contributed by atoms with Crippen molar-refractivity contribution >= 4 is 71.0 Å². The predicted octanol–water partition coefficient (Wildman–Crippen LogP) is -7.58. The van der Waals surface area contributed by atoms with E-state index in [9.17, 15) is 78.7 Å². The number of hydrogen-bond acceptors (Lipinski definition) is 18. The third-order valence-electron chi connectivity index (χ3n) is 10.0. The number of benzene rings is 2. The molecule has 0 aliphatic heterocycles. The quantitative estimate of drug-likeness (QED) is 0.00833. The summed E-state index contributed by atoms with van der Waals surface area (Å²) < 4.78 is 0. The van der Waals surface area contributed by atoms with Gasteiger partial charge >= 0.3 is 0 Å². The minimum absolute atomic E-state index is 0.0418. The zero-order valence-corrected chi connectivity index (χ0v) is 39.7. The van der Waals surface area contributed by atoms with Gasteiger partial charge in [0.05, 0.1) is 43.9 Å². The fourth-order valence-corrected chi connectivity index (χ4v) is 6.21. The molecule has 10 amide bonds. The lowest BCUT2D eigenvalue weighted by Crippen LogP contribution is -2.53. The number of rotatable bonds is 31. The highest BCUT2D eigenvalue weighted by Crippen LogP contribution is 2.29. The van der Waals surface area contributed by atoms with Gasteiger partial charge in [0.25, 0.3) is 17.7 Å². The van der Waals surface area contributed by atoms with Crippen LogP contribution in [-0.4, -0.2) is 183 Å². The number of carbonyl (C=O) groups is 10. The molecular formula is C42H62N16O16. The van der Waals surface area contributed by atoms with E-state index in [1.54, 1.807) is 0 Å². The summed E-state index contributed by atoms with van der Waals surface area (Å²) in [5.41, 5.74) is 25.9. The second kappa shape index (κ2) is 31.2. The lowest BCUT2D eigenvalue weighted by molar-refractivity contribution is -0.169. The number of carbonyl (C=O) groups excluding carboxylic acids is 10. The molecule has 2 rings (SSSR count). The number of primary amides is 1. The summed E-state index contributed by atoms with van der Waals surface area (Å²) in [4.78, 5) is 134. The molecule has 0 bridgehead atoms. The van der Waals surface area contributed by atoms with Gasteiger partial charge in [0.2, 0.25) is 41.4 Å². The maximum absolute atomic E-state index is 13.0. The Morgan fingerprint density at radius 2 is 0.905 bits per heavy atom. The molecule has 2 aromatic rings. The number of nitrogens with one attached hydrogen (secondary N) is 8. The first-order valence-electron chi connectivity index (χ1n) is 22.3. The number of aliphatic hydroxyl groups excluding tert-OH is 1. The Labute approximate surface area is 420 Å². The Morgan fingerprint density at radius 1 is 0.514 bits per heavy atom. The lowest BCUT2D eigenvalue weighted by Gasteiger charge is -2.22. The van der Waals surface area contributed by atoms with Gasteiger partial charge in [-0.15, -0.1) is 0 Å². The van der Waals surface area contributed by atoms with Gasteiger partial charge in [-0.1, -0.05) is 12.1 Å². The number of aliphatic hydroxyl groups is 1. The Kier molecular flexibility index (Phi) is 25.7. The minimum Gasteiger partial charge on any atom is -0.504 e. The van der Waals surface area contributed by atoms with Crippen molar-refractivity contribution in [1.82, 2.24) is 47.6 Å². The van der Waals surface area contributed by atoms with E-state index in [1.807, 2.05) is 0 Å². The highest BCUT2D eigenvalue weighted by Gasteiger charge is 2.28. The Morgan fingerprint density at radius 3 is 1.30 bits per heavy atom. The van der Waals surface area contributed by atoms with Crippen molar-refractivity contribution in [2.24, 2.45) is 38.7 Å². The zero-order valence-electron chi connectivity index (χ0n) is 39.7. The first kappa shape index (κ1) is 60.9. The molecule has 74 heavy (non-hydrogen) atoms. The van der Waals surface area contributed by atoms with Crippen LogP contribution in [0.15, 0.2) is 46.4 Å². The summed E-state index contributed by atoms with van der Waals surface area (Å²) in [5.74, 6) is -12.7. The van der Waals surface area contributed by atoms with Crippen molar-refractivity contribution in [2.75, 3.05) is 52.4 Å². The fourth-order valence-electron chi connectivity index (χ4n) is 6.21. The van der Waals surface area contributed by atoms with Gasteiger partial charge in [-0.2, -0.15) is 0 Å². The SMILES string of the molecule is NC(=O)[C@H](CCCN(O)C(=O)[C@H](CO)NC(=O)CNC(=O)CNC(=O)[C@@H](CCCN=C(N)N)NC(=O)c1cccc(O)c1O)NC(=O)CNC(=O)CNC(=O)[C@@H](CCCN=C(N)N)NC(=O)c1cccc(O)c1O. The van der Waals surface area contributed by atoms with E-state index >= 15 is 0 Å². The molecule has 2 aromatic carbocycles. The summed E-state index contributed by atoms with van der Waals surface area (Å²) in [5, 5.41) is 77.9. The molecule has 0 saturated heterocycles. The Hall–Kier alpha value is -9.20. The van der Waals surface area contributed by atoms with Crippen LogP contribution in [0.4, 0.5) is 0 Å². The van der Waals surface area contributed by atoms with E-state index in [4.69, 9.17) is 28.7 Å². The molecule has 32 heteroatoms. The molecule has 0 heterocycles. The van der Waals surface area contributed by atoms with Crippen molar-refractivity contribution in [2.45, 2.75) is 62.7 Å².